The number of likely N-dealkylation sites (N-methyl/N-ethyl adjacent to an activating group) is 1. The minimum absolute atomic E-state index is 0.109. The Morgan fingerprint density at radius 3 is 2.78 bits per heavy atom. The third kappa shape index (κ3) is 2.50. The number of para-hydroxylation sites is 2. The summed E-state index contributed by atoms with van der Waals surface area (Å²) in [5.41, 5.74) is 1.19. The Kier molecular flexibility index (Phi) is 3.50. The van der Waals surface area contributed by atoms with Gasteiger partial charge < -0.3 is 24.0 Å². The van der Waals surface area contributed by atoms with Gasteiger partial charge >= 0.3 is 0 Å². The summed E-state index contributed by atoms with van der Waals surface area (Å²) < 4.78 is 16.8. The molecule has 5 rings (SSSR count). The number of likely N-dealkylation sites (tertiary alicyclic amines) is 1. The van der Waals surface area contributed by atoms with Gasteiger partial charge in [-0.3, -0.25) is 9.59 Å². The van der Waals surface area contributed by atoms with Gasteiger partial charge in [-0.25, -0.2) is 0 Å². The van der Waals surface area contributed by atoms with E-state index in [0.717, 1.165) is 5.69 Å². The Morgan fingerprint density at radius 1 is 1.07 bits per heavy atom. The molecule has 2 aromatic rings. The van der Waals surface area contributed by atoms with Crippen LogP contribution in [0.1, 0.15) is 16.8 Å². The van der Waals surface area contributed by atoms with E-state index in [2.05, 4.69) is 0 Å². The lowest BCUT2D eigenvalue weighted by molar-refractivity contribution is -0.122. The molecule has 0 spiro atoms. The van der Waals surface area contributed by atoms with Gasteiger partial charge in [0.1, 0.15) is 17.9 Å². The molecule has 0 unspecified atom stereocenters. The van der Waals surface area contributed by atoms with E-state index in [4.69, 9.17) is 14.2 Å². The van der Waals surface area contributed by atoms with Crippen molar-refractivity contribution < 1.29 is 23.8 Å². The third-order valence-electron chi connectivity index (χ3n) is 5.28. The molecule has 7 nitrogen and oxygen atoms in total. The second kappa shape index (κ2) is 5.90. The van der Waals surface area contributed by atoms with E-state index >= 15 is 0 Å². The molecule has 2 amide bonds. The maximum atomic E-state index is 13.1. The summed E-state index contributed by atoms with van der Waals surface area (Å²) in [4.78, 5) is 29.4. The molecule has 3 heterocycles. The Bertz CT molecular complexity index is 944. The van der Waals surface area contributed by atoms with E-state index in [9.17, 15) is 9.59 Å². The second-order valence-electron chi connectivity index (χ2n) is 6.88. The van der Waals surface area contributed by atoms with E-state index in [1.165, 1.54) is 0 Å². The molecule has 27 heavy (non-hydrogen) atoms. The summed E-state index contributed by atoms with van der Waals surface area (Å²) in [7, 11) is 1.71. The topological polar surface area (TPSA) is 68.3 Å². The fourth-order valence-electron chi connectivity index (χ4n) is 3.89. The Morgan fingerprint density at radius 2 is 1.89 bits per heavy atom. The van der Waals surface area contributed by atoms with Crippen molar-refractivity contribution in [3.05, 3.63) is 48.0 Å². The molecule has 2 atom stereocenters. The zero-order valence-corrected chi connectivity index (χ0v) is 14.8. The molecule has 3 aliphatic heterocycles. The largest absolute Gasteiger partial charge is 0.486 e. The average molecular weight is 366 g/mol. The number of amides is 2. The molecule has 2 bridgehead atoms. The van der Waals surface area contributed by atoms with Crippen LogP contribution in [0, 0.1) is 0 Å². The molecule has 138 valence electrons. The van der Waals surface area contributed by atoms with Crippen molar-refractivity contribution >= 4 is 17.5 Å². The average Bonchev–Trinajstić information content (AvgIpc) is 3.32. The van der Waals surface area contributed by atoms with E-state index < -0.39 is 6.04 Å². The number of anilines is 1. The van der Waals surface area contributed by atoms with Crippen molar-refractivity contribution in [2.24, 2.45) is 0 Å². The van der Waals surface area contributed by atoms with Gasteiger partial charge in [-0.05, 0) is 30.3 Å². The van der Waals surface area contributed by atoms with Gasteiger partial charge in [0.2, 0.25) is 12.7 Å². The Hall–Kier alpha value is -3.22. The van der Waals surface area contributed by atoms with Crippen LogP contribution in [0.2, 0.25) is 0 Å². The number of benzene rings is 2. The smallest absolute Gasteiger partial charge is 0.254 e. The van der Waals surface area contributed by atoms with E-state index in [-0.39, 0.29) is 24.7 Å². The van der Waals surface area contributed by atoms with Crippen LogP contribution in [0.15, 0.2) is 42.5 Å². The molecule has 1 fully saturated rings. The first kappa shape index (κ1) is 16.0. The molecule has 0 aromatic heterocycles. The van der Waals surface area contributed by atoms with Gasteiger partial charge in [-0.2, -0.15) is 0 Å². The summed E-state index contributed by atoms with van der Waals surface area (Å²) in [5.74, 6) is 1.51. The predicted octanol–water partition coefficient (Wildman–Crippen LogP) is 2.05. The van der Waals surface area contributed by atoms with Crippen LogP contribution < -0.4 is 19.1 Å². The number of carbonyl (C=O) groups is 2. The standard InChI is InChI=1S/C20H18N2O5/c1-21-14-4-2-3-5-16(14)27-13-9-15(20(21)24)22(10-13)19(23)12-6-7-17-18(8-12)26-11-25-17/h2-8,13,15H,9-11H2,1H3/t13-,15-/m0/s1. The number of nitrogens with zero attached hydrogens (tertiary/aromatic N) is 2. The van der Waals surface area contributed by atoms with Crippen molar-refractivity contribution in [2.45, 2.75) is 18.6 Å². The third-order valence-corrected chi connectivity index (χ3v) is 5.28. The molecular weight excluding hydrogens is 348 g/mol. The fourth-order valence-corrected chi connectivity index (χ4v) is 3.89. The van der Waals surface area contributed by atoms with Crippen LogP contribution in [0.25, 0.3) is 0 Å². The first-order valence-electron chi connectivity index (χ1n) is 8.85. The van der Waals surface area contributed by atoms with Gasteiger partial charge in [0.25, 0.3) is 5.91 Å². The highest BCUT2D eigenvalue weighted by atomic mass is 16.7. The number of carbonyl (C=O) groups excluding carboxylic acids is 2. The first-order chi connectivity index (χ1) is 13.1. The van der Waals surface area contributed by atoms with E-state index in [0.29, 0.717) is 35.8 Å². The quantitative estimate of drug-likeness (QED) is 0.773. The van der Waals surface area contributed by atoms with Crippen LogP contribution in [0.3, 0.4) is 0 Å². The lowest BCUT2D eigenvalue weighted by Gasteiger charge is -2.29. The summed E-state index contributed by atoms with van der Waals surface area (Å²) >= 11 is 0. The molecule has 0 radical (unpaired) electrons. The highest BCUT2D eigenvalue weighted by Gasteiger charge is 2.44. The van der Waals surface area contributed by atoms with Gasteiger partial charge in [0.15, 0.2) is 11.5 Å². The molecule has 0 saturated carbocycles. The molecule has 2 aromatic carbocycles. The number of fused-ring (bicyclic) bond motifs is 4. The SMILES string of the molecule is CN1C(=O)[C@@H]2C[C@@H](CN2C(=O)c2ccc3c(c2)OCO3)Oc2ccccc21. The van der Waals surface area contributed by atoms with Crippen molar-refractivity contribution in [3.63, 3.8) is 0 Å². The van der Waals surface area contributed by atoms with Crippen LogP contribution in [0.5, 0.6) is 17.2 Å². The molecular formula is C20H18N2O5. The van der Waals surface area contributed by atoms with Crippen molar-refractivity contribution in [2.75, 3.05) is 25.3 Å². The monoisotopic (exact) mass is 366 g/mol. The summed E-state index contributed by atoms with van der Waals surface area (Å²) in [6, 6.07) is 12.0. The number of ether oxygens (including phenoxy) is 3. The Balaban J connectivity index is 1.47. The zero-order chi connectivity index (χ0) is 18.5. The lowest BCUT2D eigenvalue weighted by Crippen LogP contribution is -2.46. The summed E-state index contributed by atoms with van der Waals surface area (Å²) in [6.45, 7) is 0.516. The lowest BCUT2D eigenvalue weighted by atomic mass is 10.1. The van der Waals surface area contributed by atoms with Crippen LogP contribution in [-0.4, -0.2) is 49.2 Å². The number of hydrogen-bond acceptors (Lipinski definition) is 5. The molecule has 3 aliphatic rings. The van der Waals surface area contributed by atoms with Crippen LogP contribution >= 0.6 is 0 Å². The van der Waals surface area contributed by atoms with Gasteiger partial charge in [0, 0.05) is 19.0 Å². The first-order valence-corrected chi connectivity index (χ1v) is 8.85. The highest BCUT2D eigenvalue weighted by molar-refractivity contribution is 6.03. The molecule has 7 heteroatoms. The van der Waals surface area contributed by atoms with Crippen LogP contribution in [0.4, 0.5) is 5.69 Å². The second-order valence-corrected chi connectivity index (χ2v) is 6.88. The number of rotatable bonds is 1. The summed E-state index contributed by atoms with van der Waals surface area (Å²) in [5, 5.41) is 0. The maximum Gasteiger partial charge on any atom is 0.254 e. The predicted molar refractivity (Wildman–Crippen MR) is 96.3 cm³/mol. The van der Waals surface area contributed by atoms with Gasteiger partial charge in [-0.1, -0.05) is 12.1 Å². The van der Waals surface area contributed by atoms with Crippen LogP contribution in [-0.2, 0) is 4.79 Å². The summed E-state index contributed by atoms with van der Waals surface area (Å²) in [6.07, 6.45) is 0.264. The zero-order valence-electron chi connectivity index (χ0n) is 14.8. The van der Waals surface area contributed by atoms with Gasteiger partial charge in [0.05, 0.1) is 12.2 Å². The van der Waals surface area contributed by atoms with Gasteiger partial charge in [-0.15, -0.1) is 0 Å². The van der Waals surface area contributed by atoms with Crippen molar-refractivity contribution in [3.8, 4) is 17.2 Å². The highest BCUT2D eigenvalue weighted by Crippen LogP contribution is 2.37. The van der Waals surface area contributed by atoms with E-state index in [1.807, 2.05) is 24.3 Å². The number of hydrogen-bond donors (Lipinski definition) is 0. The fraction of sp³-hybridized carbons (Fsp3) is 0.300. The molecule has 1 saturated heterocycles. The minimum atomic E-state index is -0.550. The normalized spacial score (nSPS) is 22.8. The van der Waals surface area contributed by atoms with Crippen molar-refractivity contribution in [1.29, 1.82) is 0 Å². The van der Waals surface area contributed by atoms with Crippen molar-refractivity contribution in [1.82, 2.24) is 4.90 Å². The molecule has 0 aliphatic carbocycles. The minimum Gasteiger partial charge on any atom is -0.486 e. The van der Waals surface area contributed by atoms with E-state index in [1.54, 1.807) is 35.0 Å². The Labute approximate surface area is 156 Å². The molecule has 0 N–H and O–H groups in total. The maximum absolute atomic E-state index is 13.1.